The summed E-state index contributed by atoms with van der Waals surface area (Å²) in [7, 11) is 1.58. The lowest BCUT2D eigenvalue weighted by molar-refractivity contribution is -0.118. The van der Waals surface area contributed by atoms with Gasteiger partial charge in [0.05, 0.1) is 19.6 Å². The highest BCUT2D eigenvalue weighted by Gasteiger charge is 2.13. The number of carbonyl (C=O) groups excluding carboxylic acids is 1. The summed E-state index contributed by atoms with van der Waals surface area (Å²) in [5, 5.41) is 12.8. The Balaban J connectivity index is 1.93. The van der Waals surface area contributed by atoms with Crippen LogP contribution in [-0.2, 0) is 4.79 Å². The Morgan fingerprint density at radius 3 is 2.33 bits per heavy atom. The first-order valence-corrected chi connectivity index (χ1v) is 6.77. The maximum Gasteiger partial charge on any atom is 0.227 e. The summed E-state index contributed by atoms with van der Waals surface area (Å²) in [6, 6.07) is 14.6. The molecule has 0 aliphatic heterocycles. The molecule has 21 heavy (non-hydrogen) atoms. The fourth-order valence-corrected chi connectivity index (χ4v) is 1.97. The van der Waals surface area contributed by atoms with E-state index in [1.165, 1.54) is 0 Å². The quantitative estimate of drug-likeness (QED) is 0.887. The molecule has 0 aliphatic rings. The Kier molecular flexibility index (Phi) is 4.95. The second-order valence-corrected chi connectivity index (χ2v) is 4.91. The summed E-state index contributed by atoms with van der Waals surface area (Å²) in [5.74, 6) is 0.497. The Morgan fingerprint density at radius 1 is 1.14 bits per heavy atom. The van der Waals surface area contributed by atoms with Crippen LogP contribution in [0, 0.1) is 6.92 Å². The lowest BCUT2D eigenvalue weighted by Crippen LogP contribution is -2.15. The van der Waals surface area contributed by atoms with E-state index in [4.69, 9.17) is 4.74 Å². The van der Waals surface area contributed by atoms with E-state index in [0.29, 0.717) is 5.56 Å². The molecule has 4 heteroatoms. The topological polar surface area (TPSA) is 58.6 Å². The van der Waals surface area contributed by atoms with Crippen molar-refractivity contribution < 1.29 is 14.6 Å². The van der Waals surface area contributed by atoms with E-state index in [1.807, 2.05) is 31.2 Å². The number of carbonyl (C=O) groups is 1. The van der Waals surface area contributed by atoms with E-state index in [9.17, 15) is 9.90 Å². The zero-order valence-corrected chi connectivity index (χ0v) is 12.2. The molecule has 0 saturated heterocycles. The molecule has 0 aromatic heterocycles. The number of aliphatic hydroxyl groups is 1. The molecular formula is C17H19NO3. The molecule has 1 unspecified atom stereocenters. The highest BCUT2D eigenvalue weighted by Crippen LogP contribution is 2.20. The fourth-order valence-electron chi connectivity index (χ4n) is 1.97. The summed E-state index contributed by atoms with van der Waals surface area (Å²) in [6.45, 7) is 1.99. The highest BCUT2D eigenvalue weighted by atomic mass is 16.5. The van der Waals surface area contributed by atoms with Crippen LogP contribution in [0.5, 0.6) is 5.75 Å². The smallest absolute Gasteiger partial charge is 0.227 e. The zero-order chi connectivity index (χ0) is 15.2. The lowest BCUT2D eigenvalue weighted by Gasteiger charge is -2.12. The molecule has 110 valence electrons. The van der Waals surface area contributed by atoms with Crippen LogP contribution in [-0.4, -0.2) is 18.1 Å². The first-order valence-electron chi connectivity index (χ1n) is 6.77. The van der Waals surface area contributed by atoms with Gasteiger partial charge < -0.3 is 15.2 Å². The van der Waals surface area contributed by atoms with E-state index in [2.05, 4.69) is 5.32 Å². The molecule has 4 nitrogen and oxygen atoms in total. The van der Waals surface area contributed by atoms with Gasteiger partial charge in [0.2, 0.25) is 5.91 Å². The minimum Gasteiger partial charge on any atom is -0.497 e. The van der Waals surface area contributed by atoms with Crippen LogP contribution in [0.2, 0.25) is 0 Å². The molecule has 2 N–H and O–H groups in total. The first-order chi connectivity index (χ1) is 10.1. The van der Waals surface area contributed by atoms with Crippen LogP contribution in [0.15, 0.2) is 48.5 Å². The third-order valence-corrected chi connectivity index (χ3v) is 3.21. The number of hydrogen-bond donors (Lipinski definition) is 2. The minimum atomic E-state index is -0.832. The summed E-state index contributed by atoms with van der Waals surface area (Å²) in [5.41, 5.74) is 2.55. The monoisotopic (exact) mass is 285 g/mol. The van der Waals surface area contributed by atoms with Crippen LogP contribution in [0.3, 0.4) is 0 Å². The van der Waals surface area contributed by atoms with Crippen molar-refractivity contribution in [2.45, 2.75) is 19.4 Å². The molecule has 0 fully saturated rings. The maximum absolute atomic E-state index is 11.9. The van der Waals surface area contributed by atoms with Crippen molar-refractivity contribution >= 4 is 11.6 Å². The second-order valence-electron chi connectivity index (χ2n) is 4.91. The first kappa shape index (κ1) is 15.1. The van der Waals surface area contributed by atoms with Crippen LogP contribution < -0.4 is 10.1 Å². The Labute approximate surface area is 124 Å². The predicted octanol–water partition coefficient (Wildman–Crippen LogP) is 3.07. The maximum atomic E-state index is 11.9. The van der Waals surface area contributed by atoms with E-state index >= 15 is 0 Å². The average Bonchev–Trinajstić information content (AvgIpc) is 2.49. The van der Waals surface area contributed by atoms with Crippen molar-refractivity contribution in [3.8, 4) is 5.75 Å². The molecule has 2 aromatic carbocycles. The Morgan fingerprint density at radius 2 is 1.76 bits per heavy atom. The largest absolute Gasteiger partial charge is 0.497 e. The van der Waals surface area contributed by atoms with Gasteiger partial charge in [-0.3, -0.25) is 4.79 Å². The van der Waals surface area contributed by atoms with Crippen molar-refractivity contribution in [3.63, 3.8) is 0 Å². The molecule has 0 spiro atoms. The van der Waals surface area contributed by atoms with Gasteiger partial charge in [0.25, 0.3) is 0 Å². The van der Waals surface area contributed by atoms with Crippen molar-refractivity contribution in [2.24, 2.45) is 0 Å². The molecule has 0 radical (unpaired) electrons. The van der Waals surface area contributed by atoms with Gasteiger partial charge in [-0.15, -0.1) is 0 Å². The fraction of sp³-hybridized carbons (Fsp3) is 0.235. The van der Waals surface area contributed by atoms with Gasteiger partial charge in [-0.1, -0.05) is 29.8 Å². The van der Waals surface area contributed by atoms with E-state index in [-0.39, 0.29) is 12.3 Å². The molecule has 1 amide bonds. The molecule has 0 heterocycles. The minimum absolute atomic E-state index is 0.0141. The summed E-state index contributed by atoms with van der Waals surface area (Å²) in [4.78, 5) is 11.9. The number of anilines is 1. The zero-order valence-electron chi connectivity index (χ0n) is 12.2. The molecule has 0 aliphatic carbocycles. The molecule has 0 bridgehead atoms. The number of nitrogens with one attached hydrogen (secondary N) is 1. The highest BCUT2D eigenvalue weighted by molar-refractivity contribution is 5.91. The lowest BCUT2D eigenvalue weighted by atomic mass is 10.1. The molecule has 0 saturated carbocycles. The van der Waals surface area contributed by atoms with Crippen LogP contribution in [0.4, 0.5) is 5.69 Å². The second kappa shape index (κ2) is 6.90. The van der Waals surface area contributed by atoms with Gasteiger partial charge in [0.15, 0.2) is 0 Å². The van der Waals surface area contributed by atoms with Crippen molar-refractivity contribution in [3.05, 3.63) is 59.7 Å². The van der Waals surface area contributed by atoms with Gasteiger partial charge in [-0.05, 0) is 36.8 Å². The molecule has 2 rings (SSSR count). The van der Waals surface area contributed by atoms with Gasteiger partial charge in [0.1, 0.15) is 5.75 Å². The number of benzene rings is 2. The SMILES string of the molecule is COc1ccc(C(O)CC(=O)Nc2ccc(C)cc2)cc1. The van der Waals surface area contributed by atoms with Gasteiger partial charge >= 0.3 is 0 Å². The Hall–Kier alpha value is -2.33. The number of aliphatic hydroxyl groups excluding tert-OH is 1. The Bertz CT molecular complexity index is 590. The van der Waals surface area contributed by atoms with Crippen LogP contribution >= 0.6 is 0 Å². The number of ether oxygens (including phenoxy) is 1. The summed E-state index contributed by atoms with van der Waals surface area (Å²) < 4.78 is 5.06. The molecule has 1 atom stereocenters. The number of rotatable bonds is 5. The average molecular weight is 285 g/mol. The van der Waals surface area contributed by atoms with E-state index in [0.717, 1.165) is 17.0 Å². The third-order valence-electron chi connectivity index (χ3n) is 3.21. The normalized spacial score (nSPS) is 11.8. The van der Waals surface area contributed by atoms with Gasteiger partial charge in [-0.2, -0.15) is 0 Å². The standard InChI is InChI=1S/C17H19NO3/c1-12-3-7-14(8-4-12)18-17(20)11-16(19)13-5-9-15(21-2)10-6-13/h3-10,16,19H,11H2,1-2H3,(H,18,20). The van der Waals surface area contributed by atoms with Crippen molar-refractivity contribution in [1.82, 2.24) is 0 Å². The number of amides is 1. The number of aryl methyl sites for hydroxylation is 1. The van der Waals surface area contributed by atoms with Crippen molar-refractivity contribution in [1.29, 1.82) is 0 Å². The molecular weight excluding hydrogens is 266 g/mol. The summed E-state index contributed by atoms with van der Waals surface area (Å²) >= 11 is 0. The van der Waals surface area contributed by atoms with Crippen molar-refractivity contribution in [2.75, 3.05) is 12.4 Å². The van der Waals surface area contributed by atoms with Gasteiger partial charge in [-0.25, -0.2) is 0 Å². The summed E-state index contributed by atoms with van der Waals surface area (Å²) in [6.07, 6.45) is -0.818. The predicted molar refractivity (Wildman–Crippen MR) is 82.4 cm³/mol. The van der Waals surface area contributed by atoms with E-state index < -0.39 is 6.10 Å². The van der Waals surface area contributed by atoms with E-state index in [1.54, 1.807) is 31.4 Å². The van der Waals surface area contributed by atoms with Crippen LogP contribution in [0.25, 0.3) is 0 Å². The van der Waals surface area contributed by atoms with Gasteiger partial charge in [0, 0.05) is 5.69 Å². The van der Waals surface area contributed by atoms with Crippen LogP contribution in [0.1, 0.15) is 23.7 Å². The molecule has 2 aromatic rings. The number of hydrogen-bond acceptors (Lipinski definition) is 3. The third kappa shape index (κ3) is 4.33. The number of methoxy groups -OCH3 is 1.